The monoisotopic (exact) mass is 203 g/mol. The number of nitrogens with two attached hydrogens (primary N) is 1. The second-order valence-corrected chi connectivity index (χ2v) is 3.02. The minimum absolute atomic E-state index is 0.0864. The number of amides is 2. The third-order valence-electron chi connectivity index (χ3n) is 1.94. The lowest BCUT2D eigenvalue weighted by Gasteiger charge is -2.23. The number of hydrogen-bond acceptors (Lipinski definition) is 4. The molecule has 0 fully saturated rings. The number of carbonyl (C=O) groups is 2. The van der Waals surface area contributed by atoms with Gasteiger partial charge in [-0.1, -0.05) is 0 Å². The van der Waals surface area contributed by atoms with Crippen molar-refractivity contribution in [2.75, 3.05) is 26.7 Å². The van der Waals surface area contributed by atoms with E-state index in [0.29, 0.717) is 0 Å². The van der Waals surface area contributed by atoms with E-state index >= 15 is 0 Å². The lowest BCUT2D eigenvalue weighted by molar-refractivity contribution is -0.133. The topological polar surface area (TPSA) is 95.7 Å². The molecule has 0 radical (unpaired) electrons. The van der Waals surface area contributed by atoms with Crippen molar-refractivity contribution in [3.05, 3.63) is 0 Å². The molecule has 0 aliphatic carbocycles. The number of likely N-dealkylation sites (N-methyl/N-ethyl adjacent to an activating group) is 1. The van der Waals surface area contributed by atoms with Crippen LogP contribution in [0.5, 0.6) is 0 Å². The molecular formula is C8H17N3O3. The molecular weight excluding hydrogens is 186 g/mol. The van der Waals surface area contributed by atoms with E-state index in [-0.39, 0.29) is 37.6 Å². The van der Waals surface area contributed by atoms with Crippen LogP contribution in [0.3, 0.4) is 0 Å². The summed E-state index contributed by atoms with van der Waals surface area (Å²) in [4.78, 5) is 23.4. The second-order valence-electron chi connectivity index (χ2n) is 3.02. The maximum atomic E-state index is 11.3. The van der Waals surface area contributed by atoms with Crippen LogP contribution in [0.2, 0.25) is 0 Å². The molecule has 0 aromatic rings. The highest BCUT2D eigenvalue weighted by atomic mass is 16.3. The van der Waals surface area contributed by atoms with Crippen molar-refractivity contribution in [3.8, 4) is 0 Å². The molecule has 4 N–H and O–H groups in total. The van der Waals surface area contributed by atoms with E-state index in [1.807, 2.05) is 0 Å². The number of nitrogens with one attached hydrogen (secondary N) is 1. The van der Waals surface area contributed by atoms with Crippen LogP contribution < -0.4 is 11.1 Å². The summed E-state index contributed by atoms with van der Waals surface area (Å²) in [6, 6.07) is -0.253. The largest absolute Gasteiger partial charge is 0.394 e. The number of rotatable bonds is 5. The predicted molar refractivity (Wildman–Crippen MR) is 51.4 cm³/mol. The van der Waals surface area contributed by atoms with Gasteiger partial charge in [-0.3, -0.25) is 9.59 Å². The summed E-state index contributed by atoms with van der Waals surface area (Å²) in [5.41, 5.74) is 5.04. The molecule has 0 aromatic heterocycles. The summed E-state index contributed by atoms with van der Waals surface area (Å²) in [7, 11) is 1.57. The minimum atomic E-state index is -0.372. The molecule has 0 aliphatic heterocycles. The summed E-state index contributed by atoms with van der Waals surface area (Å²) in [6.07, 6.45) is 0. The number of aliphatic hydroxyl groups excluding tert-OH is 1. The predicted octanol–water partition coefficient (Wildman–Crippen LogP) is -2.10. The zero-order valence-electron chi connectivity index (χ0n) is 8.49. The fourth-order valence-corrected chi connectivity index (χ4v) is 0.739. The summed E-state index contributed by atoms with van der Waals surface area (Å²) >= 11 is 0. The van der Waals surface area contributed by atoms with Crippen molar-refractivity contribution in [1.29, 1.82) is 0 Å². The van der Waals surface area contributed by atoms with E-state index < -0.39 is 0 Å². The van der Waals surface area contributed by atoms with Gasteiger partial charge in [-0.2, -0.15) is 0 Å². The van der Waals surface area contributed by atoms with Crippen LogP contribution >= 0.6 is 0 Å². The van der Waals surface area contributed by atoms with Gasteiger partial charge in [-0.25, -0.2) is 0 Å². The SMILES string of the molecule is CC(CO)N(C)C(=O)CNC(=O)CN. The number of nitrogens with zero attached hydrogens (tertiary/aromatic N) is 1. The Bertz CT molecular complexity index is 208. The standard InChI is InChI=1S/C8H17N3O3/c1-6(5-12)11(2)8(14)4-10-7(13)3-9/h6,12H,3-5,9H2,1-2H3,(H,10,13). The van der Waals surface area contributed by atoms with Gasteiger partial charge in [0.1, 0.15) is 0 Å². The van der Waals surface area contributed by atoms with Crippen LogP contribution in [0, 0.1) is 0 Å². The molecule has 1 atom stereocenters. The molecule has 2 amide bonds. The van der Waals surface area contributed by atoms with Gasteiger partial charge in [0, 0.05) is 7.05 Å². The highest BCUT2D eigenvalue weighted by Gasteiger charge is 2.14. The molecule has 6 heteroatoms. The van der Waals surface area contributed by atoms with Crippen molar-refractivity contribution in [2.45, 2.75) is 13.0 Å². The fourth-order valence-electron chi connectivity index (χ4n) is 0.739. The molecule has 14 heavy (non-hydrogen) atoms. The summed E-state index contributed by atoms with van der Waals surface area (Å²) in [6.45, 7) is 1.39. The van der Waals surface area contributed by atoms with Crippen LogP contribution in [0.25, 0.3) is 0 Å². The van der Waals surface area contributed by atoms with Crippen molar-refractivity contribution in [2.24, 2.45) is 5.73 Å². The Morgan fingerprint density at radius 3 is 2.57 bits per heavy atom. The molecule has 0 bridgehead atoms. The zero-order chi connectivity index (χ0) is 11.1. The first-order valence-corrected chi connectivity index (χ1v) is 4.36. The van der Waals surface area contributed by atoms with Gasteiger partial charge in [-0.05, 0) is 6.92 Å². The number of hydrogen-bond donors (Lipinski definition) is 3. The third kappa shape index (κ3) is 4.20. The van der Waals surface area contributed by atoms with Crippen LogP contribution in [0.15, 0.2) is 0 Å². The van der Waals surface area contributed by atoms with E-state index in [1.54, 1.807) is 14.0 Å². The molecule has 0 aliphatic rings. The first kappa shape index (κ1) is 12.9. The van der Waals surface area contributed by atoms with Gasteiger partial charge >= 0.3 is 0 Å². The Morgan fingerprint density at radius 1 is 1.57 bits per heavy atom. The van der Waals surface area contributed by atoms with Crippen molar-refractivity contribution in [1.82, 2.24) is 10.2 Å². The molecule has 0 rings (SSSR count). The van der Waals surface area contributed by atoms with Gasteiger partial charge in [0.15, 0.2) is 0 Å². The Hall–Kier alpha value is -1.14. The Labute approximate surface area is 83.1 Å². The maximum absolute atomic E-state index is 11.3. The molecule has 6 nitrogen and oxygen atoms in total. The van der Waals surface area contributed by atoms with Crippen molar-refractivity contribution in [3.63, 3.8) is 0 Å². The normalized spacial score (nSPS) is 12.0. The van der Waals surface area contributed by atoms with Crippen LogP contribution in [-0.2, 0) is 9.59 Å². The average Bonchev–Trinajstić information content (AvgIpc) is 2.22. The Balaban J connectivity index is 3.90. The smallest absolute Gasteiger partial charge is 0.242 e. The van der Waals surface area contributed by atoms with E-state index in [4.69, 9.17) is 10.8 Å². The quantitative estimate of drug-likeness (QED) is 0.477. The highest BCUT2D eigenvalue weighted by molar-refractivity contribution is 5.85. The molecule has 0 saturated carbocycles. The zero-order valence-corrected chi connectivity index (χ0v) is 8.49. The van der Waals surface area contributed by atoms with E-state index in [2.05, 4.69) is 5.32 Å². The van der Waals surface area contributed by atoms with E-state index in [1.165, 1.54) is 4.90 Å². The van der Waals surface area contributed by atoms with Gasteiger partial charge in [-0.15, -0.1) is 0 Å². The van der Waals surface area contributed by atoms with Gasteiger partial charge in [0.25, 0.3) is 0 Å². The van der Waals surface area contributed by atoms with Gasteiger partial charge in [0.05, 0.1) is 25.7 Å². The van der Waals surface area contributed by atoms with Crippen molar-refractivity contribution < 1.29 is 14.7 Å². The van der Waals surface area contributed by atoms with E-state index in [9.17, 15) is 9.59 Å². The van der Waals surface area contributed by atoms with E-state index in [0.717, 1.165) is 0 Å². The third-order valence-corrected chi connectivity index (χ3v) is 1.94. The van der Waals surface area contributed by atoms with Crippen LogP contribution in [-0.4, -0.2) is 54.6 Å². The van der Waals surface area contributed by atoms with Crippen LogP contribution in [0.4, 0.5) is 0 Å². The molecule has 82 valence electrons. The molecule has 0 heterocycles. The van der Waals surface area contributed by atoms with Gasteiger partial charge < -0.3 is 21.1 Å². The van der Waals surface area contributed by atoms with Crippen LogP contribution in [0.1, 0.15) is 6.92 Å². The summed E-state index contributed by atoms with van der Waals surface area (Å²) < 4.78 is 0. The van der Waals surface area contributed by atoms with Crippen molar-refractivity contribution >= 4 is 11.8 Å². The maximum Gasteiger partial charge on any atom is 0.242 e. The highest BCUT2D eigenvalue weighted by Crippen LogP contribution is 1.93. The Morgan fingerprint density at radius 2 is 2.14 bits per heavy atom. The average molecular weight is 203 g/mol. The van der Waals surface area contributed by atoms with Gasteiger partial charge in [0.2, 0.25) is 11.8 Å². The fraction of sp³-hybridized carbons (Fsp3) is 0.750. The lowest BCUT2D eigenvalue weighted by atomic mass is 10.3. The number of carbonyl (C=O) groups excluding carboxylic acids is 2. The molecule has 0 saturated heterocycles. The molecule has 0 aromatic carbocycles. The number of aliphatic hydroxyl groups is 1. The first-order valence-electron chi connectivity index (χ1n) is 4.36. The summed E-state index contributed by atoms with van der Waals surface area (Å²) in [5.74, 6) is -0.628. The first-order chi connectivity index (χ1) is 6.52. The lowest BCUT2D eigenvalue weighted by Crippen LogP contribution is -2.44. The minimum Gasteiger partial charge on any atom is -0.394 e. The molecule has 0 spiro atoms. The Kier molecular flexibility index (Phi) is 5.82. The second kappa shape index (κ2) is 6.33. The summed E-state index contributed by atoms with van der Waals surface area (Å²) in [5, 5.41) is 11.1. The molecule has 1 unspecified atom stereocenters.